The van der Waals surface area contributed by atoms with Crippen molar-refractivity contribution in [3.63, 3.8) is 0 Å². The van der Waals surface area contributed by atoms with Gasteiger partial charge in [-0.05, 0) is 54.0 Å². The van der Waals surface area contributed by atoms with Crippen LogP contribution in [-0.4, -0.2) is 23.5 Å². The van der Waals surface area contributed by atoms with E-state index in [9.17, 15) is 19.2 Å². The van der Waals surface area contributed by atoms with E-state index < -0.39 is 11.9 Å². The van der Waals surface area contributed by atoms with Gasteiger partial charge in [0.25, 0.3) is 0 Å². The summed E-state index contributed by atoms with van der Waals surface area (Å²) in [5.74, 6) is -0.349. The van der Waals surface area contributed by atoms with Gasteiger partial charge in [0, 0.05) is 24.0 Å². The summed E-state index contributed by atoms with van der Waals surface area (Å²) >= 11 is 0. The van der Waals surface area contributed by atoms with Crippen molar-refractivity contribution in [2.45, 2.75) is 19.3 Å². The zero-order chi connectivity index (χ0) is 28.9. The molecule has 0 aliphatic rings. The monoisotopic (exact) mass is 544 g/mol. The molecule has 0 aromatic heterocycles. The second kappa shape index (κ2) is 14.7. The van der Waals surface area contributed by atoms with Crippen LogP contribution >= 0.6 is 0 Å². The van der Waals surface area contributed by atoms with Gasteiger partial charge in [0.2, 0.25) is 0 Å². The zero-order valence-electron chi connectivity index (χ0n) is 22.3. The third-order valence-electron chi connectivity index (χ3n) is 5.96. The first kappa shape index (κ1) is 28.6. The highest BCUT2D eigenvalue weighted by Crippen LogP contribution is 2.17. The molecule has 4 aromatic rings. The molecule has 0 fully saturated rings. The lowest BCUT2D eigenvalue weighted by Crippen LogP contribution is -2.11. The largest absolute Gasteiger partial charge is 0.427 e. The van der Waals surface area contributed by atoms with Crippen molar-refractivity contribution < 1.29 is 28.7 Å². The smallest absolute Gasteiger partial charge is 0.311 e. The normalized spacial score (nSPS) is 10.9. The summed E-state index contributed by atoms with van der Waals surface area (Å²) in [6, 6.07) is 31.5. The molecule has 6 heteroatoms. The highest BCUT2D eigenvalue weighted by molar-refractivity contribution is 6.07. The molecule has 0 bridgehead atoms. The molecule has 0 radical (unpaired) electrons. The molecule has 0 spiro atoms. The Hall–Kier alpha value is -5.36. The van der Waals surface area contributed by atoms with Crippen LogP contribution in [0, 0.1) is 0 Å². The second-order valence-corrected chi connectivity index (χ2v) is 9.07. The summed E-state index contributed by atoms with van der Waals surface area (Å²) in [6.07, 6.45) is 6.78. The number of esters is 2. The molecule has 0 atom stereocenters. The number of benzene rings is 4. The average Bonchev–Trinajstić information content (AvgIpc) is 3.01. The molecule has 204 valence electrons. The Bertz CT molecular complexity index is 1420. The quantitative estimate of drug-likeness (QED) is 0.0814. The topological polar surface area (TPSA) is 86.7 Å². The van der Waals surface area contributed by atoms with Crippen molar-refractivity contribution >= 4 is 35.7 Å². The Morgan fingerprint density at radius 2 is 0.854 bits per heavy atom. The first-order valence-electron chi connectivity index (χ1n) is 13.1. The van der Waals surface area contributed by atoms with E-state index in [2.05, 4.69) is 0 Å². The SMILES string of the molecule is O=C(CCCC(=O)Oc1ccc(/C=C/C(=O)c2ccccc2)cc1)Oc1ccc(/C=C/C(=O)c2ccccc2)cc1. The molecule has 4 aromatic carbocycles. The third-order valence-corrected chi connectivity index (χ3v) is 5.96. The molecule has 0 aliphatic carbocycles. The molecule has 0 unspecified atom stereocenters. The number of ketones is 2. The number of ether oxygens (including phenoxy) is 2. The first-order valence-corrected chi connectivity index (χ1v) is 13.1. The van der Waals surface area contributed by atoms with Crippen LogP contribution in [0.25, 0.3) is 12.2 Å². The van der Waals surface area contributed by atoms with Crippen molar-refractivity contribution in [2.75, 3.05) is 0 Å². The minimum atomic E-state index is -0.457. The lowest BCUT2D eigenvalue weighted by atomic mass is 10.1. The fraction of sp³-hybridized carbons (Fsp3) is 0.0857. The number of carbonyl (C=O) groups excluding carboxylic acids is 4. The van der Waals surface area contributed by atoms with Crippen LogP contribution in [0.5, 0.6) is 11.5 Å². The van der Waals surface area contributed by atoms with Gasteiger partial charge in [0.15, 0.2) is 11.6 Å². The van der Waals surface area contributed by atoms with Crippen molar-refractivity contribution in [3.8, 4) is 11.5 Å². The Morgan fingerprint density at radius 3 is 1.22 bits per heavy atom. The Morgan fingerprint density at radius 1 is 0.488 bits per heavy atom. The summed E-state index contributed by atoms with van der Waals surface area (Å²) in [5, 5.41) is 0. The second-order valence-electron chi connectivity index (χ2n) is 9.07. The van der Waals surface area contributed by atoms with E-state index in [1.165, 1.54) is 12.2 Å². The average molecular weight is 545 g/mol. The van der Waals surface area contributed by atoms with Gasteiger partial charge in [-0.3, -0.25) is 19.2 Å². The maximum absolute atomic E-state index is 12.2. The highest BCUT2D eigenvalue weighted by atomic mass is 16.5. The third kappa shape index (κ3) is 9.41. The van der Waals surface area contributed by atoms with Gasteiger partial charge >= 0.3 is 11.9 Å². The maximum atomic E-state index is 12.2. The summed E-state index contributed by atoms with van der Waals surface area (Å²) < 4.78 is 10.7. The Labute approximate surface area is 238 Å². The van der Waals surface area contributed by atoms with Crippen molar-refractivity contribution in [3.05, 3.63) is 144 Å². The van der Waals surface area contributed by atoms with Gasteiger partial charge in [-0.1, -0.05) is 97.1 Å². The van der Waals surface area contributed by atoms with Gasteiger partial charge < -0.3 is 9.47 Å². The molecule has 0 saturated carbocycles. The summed E-state index contributed by atoms with van der Waals surface area (Å²) in [5.41, 5.74) is 2.80. The number of hydrogen-bond donors (Lipinski definition) is 0. The van der Waals surface area contributed by atoms with Crippen LogP contribution in [0.4, 0.5) is 0 Å². The van der Waals surface area contributed by atoms with Crippen molar-refractivity contribution in [2.24, 2.45) is 0 Å². The van der Waals surface area contributed by atoms with E-state index >= 15 is 0 Å². The van der Waals surface area contributed by atoms with Gasteiger partial charge in [-0.15, -0.1) is 0 Å². The molecule has 4 rings (SSSR count). The van der Waals surface area contributed by atoms with E-state index in [1.54, 1.807) is 84.9 Å². The molecular formula is C35H28O6. The van der Waals surface area contributed by atoms with E-state index in [4.69, 9.17) is 9.47 Å². The van der Waals surface area contributed by atoms with Crippen LogP contribution in [0.2, 0.25) is 0 Å². The molecule has 0 heterocycles. The first-order chi connectivity index (χ1) is 20.0. The standard InChI is InChI=1S/C35H28O6/c36-32(28-8-3-1-4-9-28)24-18-26-14-20-30(21-15-26)40-34(38)12-7-13-35(39)41-31-22-16-27(17-23-31)19-25-33(37)29-10-5-2-6-11-29/h1-6,8-11,14-25H,7,12-13H2/b24-18+,25-19+. The van der Waals surface area contributed by atoms with Crippen LogP contribution in [0.1, 0.15) is 51.1 Å². The van der Waals surface area contributed by atoms with Gasteiger partial charge in [0.1, 0.15) is 11.5 Å². The lowest BCUT2D eigenvalue weighted by Gasteiger charge is -2.06. The van der Waals surface area contributed by atoms with E-state index in [-0.39, 0.29) is 30.8 Å². The summed E-state index contributed by atoms with van der Waals surface area (Å²) in [6.45, 7) is 0. The maximum Gasteiger partial charge on any atom is 0.311 e. The summed E-state index contributed by atoms with van der Waals surface area (Å²) in [7, 11) is 0. The molecule has 0 N–H and O–H groups in total. The van der Waals surface area contributed by atoms with Crippen LogP contribution in [0.15, 0.2) is 121 Å². The minimum Gasteiger partial charge on any atom is -0.427 e. The number of allylic oxidation sites excluding steroid dienone is 2. The van der Waals surface area contributed by atoms with Crippen LogP contribution in [0.3, 0.4) is 0 Å². The zero-order valence-corrected chi connectivity index (χ0v) is 22.3. The van der Waals surface area contributed by atoms with E-state index in [1.807, 2.05) is 36.4 Å². The Kier molecular flexibility index (Phi) is 10.3. The summed E-state index contributed by atoms with van der Waals surface area (Å²) in [4.78, 5) is 48.7. The molecular weight excluding hydrogens is 516 g/mol. The molecule has 6 nitrogen and oxygen atoms in total. The molecule has 0 amide bonds. The fourth-order valence-electron chi connectivity index (χ4n) is 3.78. The van der Waals surface area contributed by atoms with Gasteiger partial charge in [0.05, 0.1) is 0 Å². The molecule has 0 aliphatic heterocycles. The van der Waals surface area contributed by atoms with Gasteiger partial charge in [-0.25, -0.2) is 0 Å². The number of hydrogen-bond acceptors (Lipinski definition) is 6. The number of carbonyl (C=O) groups is 4. The minimum absolute atomic E-state index is 0.0571. The van der Waals surface area contributed by atoms with E-state index in [0.29, 0.717) is 22.6 Å². The predicted molar refractivity (Wildman–Crippen MR) is 158 cm³/mol. The number of rotatable bonds is 12. The van der Waals surface area contributed by atoms with Crippen LogP contribution < -0.4 is 9.47 Å². The fourth-order valence-corrected chi connectivity index (χ4v) is 3.78. The predicted octanol–water partition coefficient (Wildman–Crippen LogP) is 7.16. The Balaban J connectivity index is 1.16. The van der Waals surface area contributed by atoms with E-state index in [0.717, 1.165) is 11.1 Å². The highest BCUT2D eigenvalue weighted by Gasteiger charge is 2.10. The van der Waals surface area contributed by atoms with Crippen LogP contribution in [-0.2, 0) is 9.59 Å². The molecule has 0 saturated heterocycles. The van der Waals surface area contributed by atoms with Crippen molar-refractivity contribution in [1.29, 1.82) is 0 Å². The van der Waals surface area contributed by atoms with Crippen molar-refractivity contribution in [1.82, 2.24) is 0 Å². The lowest BCUT2D eigenvalue weighted by molar-refractivity contribution is -0.136. The molecule has 41 heavy (non-hydrogen) atoms. The van der Waals surface area contributed by atoms with Gasteiger partial charge in [-0.2, -0.15) is 0 Å².